The van der Waals surface area contributed by atoms with E-state index in [9.17, 15) is 0 Å². The number of aromatic nitrogens is 1. The normalized spacial score (nSPS) is 11.4. The van der Waals surface area contributed by atoms with Gasteiger partial charge in [0, 0.05) is 33.7 Å². The molecule has 5 aromatic carbocycles. The third-order valence-corrected chi connectivity index (χ3v) is 7.60. The van der Waals surface area contributed by atoms with Crippen LogP contribution < -0.4 is 9.47 Å². The Kier molecular flexibility index (Phi) is 6.21. The van der Waals surface area contributed by atoms with E-state index in [4.69, 9.17) is 13.9 Å². The Morgan fingerprint density at radius 3 is 2.38 bits per heavy atom. The van der Waals surface area contributed by atoms with Crippen LogP contribution in [0.25, 0.3) is 55.1 Å². The van der Waals surface area contributed by atoms with E-state index in [1.807, 2.05) is 42.5 Å². The highest BCUT2D eigenvalue weighted by molar-refractivity contribution is 6.10. The Morgan fingerprint density at radius 2 is 1.48 bits per heavy atom. The van der Waals surface area contributed by atoms with Crippen molar-refractivity contribution in [3.05, 3.63) is 121 Å². The van der Waals surface area contributed by atoms with Crippen LogP contribution in [0.1, 0.15) is 12.0 Å². The molecular weight excluding hydrogens is 494 g/mol. The summed E-state index contributed by atoms with van der Waals surface area (Å²) in [5.41, 5.74) is 6.35. The smallest absolute Gasteiger partial charge is 0.143 e. The molecule has 4 heteroatoms. The van der Waals surface area contributed by atoms with Crippen molar-refractivity contribution in [3.8, 4) is 33.9 Å². The molecule has 0 radical (unpaired) electrons. The number of aryl methyl sites for hydroxylation is 1. The number of hydrogen-bond donors (Lipinski definition) is 1. The number of ether oxygens (including phenoxy) is 2. The second kappa shape index (κ2) is 10.3. The topological polar surface area (TPSA) is 47.4 Å². The first-order valence-corrected chi connectivity index (χ1v) is 13.7. The lowest BCUT2D eigenvalue weighted by atomic mass is 9.95. The SMILES string of the molecule is COc1cccc2oc(-c3ccccc3)c(-c3cccc4c(CCCOc5cccc6ccccc56)c[nH]c34)c12. The highest BCUT2D eigenvalue weighted by atomic mass is 16.5. The molecule has 40 heavy (non-hydrogen) atoms. The van der Waals surface area contributed by atoms with Crippen molar-refractivity contribution in [1.29, 1.82) is 0 Å². The van der Waals surface area contributed by atoms with Gasteiger partial charge in [-0.15, -0.1) is 0 Å². The van der Waals surface area contributed by atoms with Gasteiger partial charge in [0.05, 0.1) is 24.6 Å². The average molecular weight is 524 g/mol. The molecule has 0 saturated heterocycles. The van der Waals surface area contributed by atoms with Gasteiger partial charge in [-0.1, -0.05) is 91.0 Å². The van der Waals surface area contributed by atoms with Gasteiger partial charge >= 0.3 is 0 Å². The van der Waals surface area contributed by atoms with Crippen LogP contribution in [0.2, 0.25) is 0 Å². The van der Waals surface area contributed by atoms with E-state index in [1.165, 1.54) is 16.3 Å². The zero-order valence-corrected chi connectivity index (χ0v) is 22.3. The van der Waals surface area contributed by atoms with Crippen molar-refractivity contribution in [2.24, 2.45) is 0 Å². The molecule has 4 nitrogen and oxygen atoms in total. The number of fused-ring (bicyclic) bond motifs is 3. The maximum atomic E-state index is 6.48. The highest BCUT2D eigenvalue weighted by Gasteiger charge is 2.23. The summed E-state index contributed by atoms with van der Waals surface area (Å²) < 4.78 is 18.5. The molecule has 0 aliphatic heterocycles. The van der Waals surface area contributed by atoms with Crippen LogP contribution in [0.5, 0.6) is 11.5 Å². The number of para-hydroxylation sites is 1. The molecule has 0 atom stereocenters. The van der Waals surface area contributed by atoms with Crippen molar-refractivity contribution in [3.63, 3.8) is 0 Å². The number of aromatic amines is 1. The van der Waals surface area contributed by atoms with Crippen LogP contribution in [0.3, 0.4) is 0 Å². The fraction of sp³-hybridized carbons (Fsp3) is 0.111. The van der Waals surface area contributed by atoms with E-state index in [0.717, 1.165) is 68.7 Å². The summed E-state index contributed by atoms with van der Waals surface area (Å²) in [5.74, 6) is 2.58. The number of rotatable bonds is 8. The molecule has 0 spiro atoms. The van der Waals surface area contributed by atoms with E-state index in [1.54, 1.807) is 7.11 Å². The van der Waals surface area contributed by atoms with Crippen LogP contribution in [-0.4, -0.2) is 18.7 Å². The van der Waals surface area contributed by atoms with Crippen molar-refractivity contribution in [1.82, 2.24) is 4.98 Å². The molecule has 0 aliphatic carbocycles. The minimum atomic E-state index is 0.655. The van der Waals surface area contributed by atoms with Gasteiger partial charge in [-0.3, -0.25) is 0 Å². The third kappa shape index (κ3) is 4.18. The van der Waals surface area contributed by atoms with Crippen molar-refractivity contribution in [2.45, 2.75) is 12.8 Å². The van der Waals surface area contributed by atoms with Gasteiger partial charge in [0.15, 0.2) is 0 Å². The van der Waals surface area contributed by atoms with E-state index >= 15 is 0 Å². The molecule has 7 aromatic rings. The number of benzene rings is 5. The van der Waals surface area contributed by atoms with Gasteiger partial charge < -0.3 is 18.9 Å². The number of methoxy groups -OCH3 is 1. The molecule has 2 aromatic heterocycles. The van der Waals surface area contributed by atoms with E-state index in [-0.39, 0.29) is 0 Å². The van der Waals surface area contributed by atoms with Crippen molar-refractivity contribution >= 4 is 32.6 Å². The maximum Gasteiger partial charge on any atom is 0.143 e. The highest BCUT2D eigenvalue weighted by Crippen LogP contribution is 2.46. The Bertz CT molecular complexity index is 1940. The van der Waals surface area contributed by atoms with Crippen LogP contribution in [0, 0.1) is 0 Å². The first-order valence-electron chi connectivity index (χ1n) is 13.7. The second-order valence-electron chi connectivity index (χ2n) is 9.98. The molecule has 0 saturated carbocycles. The molecule has 0 unspecified atom stereocenters. The maximum absolute atomic E-state index is 6.48. The summed E-state index contributed by atoms with van der Waals surface area (Å²) >= 11 is 0. The molecule has 7 rings (SSSR count). The summed E-state index contributed by atoms with van der Waals surface area (Å²) in [6, 6.07) is 37.3. The summed E-state index contributed by atoms with van der Waals surface area (Å²) in [6.45, 7) is 0.655. The van der Waals surface area contributed by atoms with E-state index in [2.05, 4.69) is 77.9 Å². The Labute approximate surface area is 232 Å². The molecular formula is C36H29NO3. The zero-order chi connectivity index (χ0) is 26.9. The predicted octanol–water partition coefficient (Wildman–Crippen LogP) is 9.42. The monoisotopic (exact) mass is 523 g/mol. The summed E-state index contributed by atoms with van der Waals surface area (Å²) in [4.78, 5) is 3.59. The minimum Gasteiger partial charge on any atom is -0.496 e. The number of hydrogen-bond acceptors (Lipinski definition) is 3. The van der Waals surface area contributed by atoms with Crippen LogP contribution in [-0.2, 0) is 6.42 Å². The lowest BCUT2D eigenvalue weighted by Crippen LogP contribution is -1.99. The third-order valence-electron chi connectivity index (χ3n) is 7.60. The van der Waals surface area contributed by atoms with Crippen LogP contribution in [0.4, 0.5) is 0 Å². The number of nitrogens with one attached hydrogen (secondary N) is 1. The summed E-state index contributed by atoms with van der Waals surface area (Å²) in [5, 5.41) is 4.54. The van der Waals surface area contributed by atoms with Gasteiger partial charge in [-0.25, -0.2) is 0 Å². The van der Waals surface area contributed by atoms with E-state index < -0.39 is 0 Å². The van der Waals surface area contributed by atoms with Crippen molar-refractivity contribution < 1.29 is 13.9 Å². The van der Waals surface area contributed by atoms with Gasteiger partial charge in [0.25, 0.3) is 0 Å². The predicted molar refractivity (Wildman–Crippen MR) is 163 cm³/mol. The Hall–Kier alpha value is -4.96. The molecule has 1 N–H and O–H groups in total. The van der Waals surface area contributed by atoms with Crippen LogP contribution >= 0.6 is 0 Å². The number of H-pyrrole nitrogens is 1. The molecule has 2 heterocycles. The second-order valence-corrected chi connectivity index (χ2v) is 9.98. The summed E-state index contributed by atoms with van der Waals surface area (Å²) in [6.07, 6.45) is 3.96. The fourth-order valence-corrected chi connectivity index (χ4v) is 5.73. The summed E-state index contributed by atoms with van der Waals surface area (Å²) in [7, 11) is 1.71. The van der Waals surface area contributed by atoms with Crippen molar-refractivity contribution in [2.75, 3.05) is 13.7 Å². The van der Waals surface area contributed by atoms with Gasteiger partial charge in [-0.2, -0.15) is 0 Å². The largest absolute Gasteiger partial charge is 0.496 e. The molecule has 196 valence electrons. The quantitative estimate of drug-likeness (QED) is 0.202. The van der Waals surface area contributed by atoms with Gasteiger partial charge in [-0.05, 0) is 42.0 Å². The fourth-order valence-electron chi connectivity index (χ4n) is 5.73. The standard InChI is InChI=1S/C36H29NO3/c1-38-31-20-9-21-32-34(31)33(36(40-32)25-12-3-2-4-13-25)29-18-8-17-28-26(23-37-35(28)29)15-10-22-39-30-19-7-14-24-11-5-6-16-27(24)30/h2-9,11-14,16-21,23,37H,10,15,22H2,1H3. The first-order chi connectivity index (χ1) is 19.8. The molecule has 0 amide bonds. The Balaban J connectivity index is 1.23. The minimum absolute atomic E-state index is 0.655. The first kappa shape index (κ1) is 24.1. The molecule has 0 aliphatic rings. The average Bonchev–Trinajstić information content (AvgIpc) is 3.61. The Morgan fingerprint density at radius 1 is 0.725 bits per heavy atom. The number of furan rings is 1. The van der Waals surface area contributed by atoms with Crippen LogP contribution in [0.15, 0.2) is 120 Å². The van der Waals surface area contributed by atoms with Gasteiger partial charge in [0.1, 0.15) is 22.8 Å². The zero-order valence-electron chi connectivity index (χ0n) is 22.3. The lowest BCUT2D eigenvalue weighted by Gasteiger charge is -2.10. The van der Waals surface area contributed by atoms with Gasteiger partial charge in [0.2, 0.25) is 0 Å². The molecule has 0 fully saturated rings. The van der Waals surface area contributed by atoms with E-state index in [0.29, 0.717) is 6.61 Å². The lowest BCUT2D eigenvalue weighted by molar-refractivity contribution is 0.315. The molecule has 0 bridgehead atoms.